The Morgan fingerprint density at radius 1 is 1.50 bits per heavy atom. The van der Waals surface area contributed by atoms with Gasteiger partial charge in [-0.3, -0.25) is 0 Å². The van der Waals surface area contributed by atoms with E-state index in [1.54, 1.807) is 0 Å². The molecule has 0 spiro atoms. The lowest BCUT2D eigenvalue weighted by Crippen LogP contribution is -2.01. The van der Waals surface area contributed by atoms with Crippen LogP contribution in [0.3, 0.4) is 0 Å². The summed E-state index contributed by atoms with van der Waals surface area (Å²) < 4.78 is 2.20. The number of allylic oxidation sites excluding steroid dienone is 2. The second-order valence-electron chi connectivity index (χ2n) is 3.19. The molecule has 0 aliphatic rings. The van der Waals surface area contributed by atoms with Gasteiger partial charge >= 0.3 is 0 Å². The van der Waals surface area contributed by atoms with Crippen LogP contribution in [-0.4, -0.2) is 15.4 Å². The number of rotatable bonds is 6. The minimum absolute atomic E-state index is 0.694. The van der Waals surface area contributed by atoms with Gasteiger partial charge in [0.05, 0.1) is 0 Å². The van der Waals surface area contributed by atoms with E-state index < -0.39 is 0 Å². The van der Waals surface area contributed by atoms with Crippen LogP contribution >= 0.6 is 11.6 Å². The monoisotopic (exact) mass is 212 g/mol. The Morgan fingerprint density at radius 3 is 3.07 bits per heavy atom. The van der Waals surface area contributed by atoms with Crippen molar-refractivity contribution in [3.05, 3.63) is 30.4 Å². The fourth-order valence-corrected chi connectivity index (χ4v) is 1.47. The van der Waals surface area contributed by atoms with Gasteiger partial charge in [-0.15, -0.1) is 11.6 Å². The van der Waals surface area contributed by atoms with Crippen LogP contribution in [0.15, 0.2) is 24.5 Å². The maximum absolute atomic E-state index is 5.57. The molecular weight excluding hydrogens is 196 g/mol. The molecule has 0 radical (unpaired) electrons. The zero-order chi connectivity index (χ0) is 10.2. The van der Waals surface area contributed by atoms with Crippen LogP contribution in [0.1, 0.15) is 25.6 Å². The molecule has 78 valence electrons. The Kier molecular flexibility index (Phi) is 5.38. The summed E-state index contributed by atoms with van der Waals surface area (Å²) in [4.78, 5) is 4.31. The number of hydrogen-bond acceptors (Lipinski definition) is 1. The van der Waals surface area contributed by atoms with Gasteiger partial charge in [-0.25, -0.2) is 4.98 Å². The topological polar surface area (TPSA) is 17.8 Å². The van der Waals surface area contributed by atoms with Crippen molar-refractivity contribution in [3.8, 4) is 0 Å². The number of halogens is 1. The van der Waals surface area contributed by atoms with Crippen molar-refractivity contribution < 1.29 is 0 Å². The van der Waals surface area contributed by atoms with E-state index in [-0.39, 0.29) is 0 Å². The van der Waals surface area contributed by atoms with E-state index in [1.807, 2.05) is 12.4 Å². The molecule has 0 aliphatic carbocycles. The average Bonchev–Trinajstić information content (AvgIpc) is 2.61. The molecule has 0 fully saturated rings. The Labute approximate surface area is 90.6 Å². The van der Waals surface area contributed by atoms with E-state index in [2.05, 4.69) is 28.6 Å². The molecule has 3 heteroatoms. The summed E-state index contributed by atoms with van der Waals surface area (Å²) in [7, 11) is 0. The molecule has 0 saturated heterocycles. The summed E-state index contributed by atoms with van der Waals surface area (Å²) in [5.41, 5.74) is 0. The lowest BCUT2D eigenvalue weighted by Gasteiger charge is -2.02. The van der Waals surface area contributed by atoms with Gasteiger partial charge in [0, 0.05) is 31.2 Å². The third-order valence-electron chi connectivity index (χ3n) is 2.01. The highest BCUT2D eigenvalue weighted by Gasteiger charge is 1.98. The van der Waals surface area contributed by atoms with Crippen LogP contribution in [0.5, 0.6) is 0 Å². The molecule has 1 heterocycles. The summed E-state index contributed by atoms with van der Waals surface area (Å²) in [6, 6.07) is 0. The quantitative estimate of drug-likeness (QED) is 0.524. The van der Waals surface area contributed by atoms with Gasteiger partial charge in [0.25, 0.3) is 0 Å². The maximum Gasteiger partial charge on any atom is 0.112 e. The maximum atomic E-state index is 5.57. The normalized spacial score (nSPS) is 11.3. The smallest absolute Gasteiger partial charge is 0.112 e. The highest BCUT2D eigenvalue weighted by Crippen LogP contribution is 2.01. The first-order valence-electron chi connectivity index (χ1n) is 5.09. The van der Waals surface area contributed by atoms with Gasteiger partial charge in [0.15, 0.2) is 0 Å². The Bertz CT molecular complexity index is 279. The summed E-state index contributed by atoms with van der Waals surface area (Å²) >= 11 is 5.57. The first-order valence-corrected chi connectivity index (χ1v) is 5.63. The van der Waals surface area contributed by atoms with Gasteiger partial charge in [-0.05, 0) is 12.8 Å². The van der Waals surface area contributed by atoms with Crippen molar-refractivity contribution >= 4 is 11.6 Å². The van der Waals surface area contributed by atoms with E-state index in [0.717, 1.165) is 31.6 Å². The first kappa shape index (κ1) is 11.3. The second-order valence-corrected chi connectivity index (χ2v) is 3.57. The molecule has 0 bridgehead atoms. The largest absolute Gasteiger partial charge is 0.335 e. The molecule has 0 aromatic carbocycles. The molecule has 1 aromatic rings. The Hall–Kier alpha value is -0.760. The van der Waals surface area contributed by atoms with Crippen molar-refractivity contribution in [2.45, 2.75) is 32.7 Å². The van der Waals surface area contributed by atoms with Crippen molar-refractivity contribution in [3.63, 3.8) is 0 Å². The standard InChI is InChI=1S/C11H17ClN2/c1-2-9-14-10-8-13-11(14)6-4-3-5-7-12/h3-4,8,10H,2,5-7,9H2,1H3. The lowest BCUT2D eigenvalue weighted by molar-refractivity contribution is 0.649. The van der Waals surface area contributed by atoms with E-state index >= 15 is 0 Å². The molecule has 0 aliphatic heterocycles. The summed E-state index contributed by atoms with van der Waals surface area (Å²) in [6.07, 6.45) is 11.1. The van der Waals surface area contributed by atoms with E-state index in [9.17, 15) is 0 Å². The van der Waals surface area contributed by atoms with Crippen LogP contribution in [0.25, 0.3) is 0 Å². The van der Waals surface area contributed by atoms with Gasteiger partial charge in [0.2, 0.25) is 0 Å². The Balaban J connectivity index is 2.45. The minimum Gasteiger partial charge on any atom is -0.335 e. The second kappa shape index (κ2) is 6.66. The SMILES string of the molecule is CCCn1ccnc1CC=CCCCl. The third-order valence-corrected chi connectivity index (χ3v) is 2.23. The van der Waals surface area contributed by atoms with Gasteiger partial charge in [-0.2, -0.15) is 0 Å². The highest BCUT2D eigenvalue weighted by molar-refractivity contribution is 6.17. The number of aryl methyl sites for hydroxylation is 1. The lowest BCUT2D eigenvalue weighted by atomic mass is 10.3. The molecule has 2 nitrogen and oxygen atoms in total. The van der Waals surface area contributed by atoms with Gasteiger partial charge < -0.3 is 4.57 Å². The highest BCUT2D eigenvalue weighted by atomic mass is 35.5. The summed E-state index contributed by atoms with van der Waals surface area (Å²) in [6.45, 7) is 3.23. The van der Waals surface area contributed by atoms with Crippen molar-refractivity contribution in [2.24, 2.45) is 0 Å². The van der Waals surface area contributed by atoms with Crippen LogP contribution in [-0.2, 0) is 13.0 Å². The number of hydrogen-bond donors (Lipinski definition) is 0. The van der Waals surface area contributed by atoms with Crippen molar-refractivity contribution in [1.29, 1.82) is 0 Å². The van der Waals surface area contributed by atoms with Crippen LogP contribution < -0.4 is 0 Å². The van der Waals surface area contributed by atoms with Crippen LogP contribution in [0.4, 0.5) is 0 Å². The van der Waals surface area contributed by atoms with Gasteiger partial charge in [0.1, 0.15) is 5.82 Å². The third kappa shape index (κ3) is 3.54. The number of nitrogens with zero attached hydrogens (tertiary/aromatic N) is 2. The predicted octanol–water partition coefficient (Wildman–Crippen LogP) is 3.02. The van der Waals surface area contributed by atoms with E-state index in [4.69, 9.17) is 11.6 Å². The fourth-order valence-electron chi connectivity index (χ4n) is 1.34. The average molecular weight is 213 g/mol. The number of imidazole rings is 1. The molecule has 0 saturated carbocycles. The number of alkyl halides is 1. The van der Waals surface area contributed by atoms with Crippen LogP contribution in [0.2, 0.25) is 0 Å². The fraction of sp³-hybridized carbons (Fsp3) is 0.545. The molecule has 1 aromatic heterocycles. The molecule has 0 N–H and O–H groups in total. The van der Waals surface area contributed by atoms with Gasteiger partial charge in [-0.1, -0.05) is 19.1 Å². The van der Waals surface area contributed by atoms with E-state index in [0.29, 0.717) is 5.88 Å². The zero-order valence-electron chi connectivity index (χ0n) is 8.62. The zero-order valence-corrected chi connectivity index (χ0v) is 9.37. The molecule has 1 rings (SSSR count). The molecule has 0 unspecified atom stereocenters. The summed E-state index contributed by atoms with van der Waals surface area (Å²) in [5, 5.41) is 0. The number of aromatic nitrogens is 2. The molecule has 0 atom stereocenters. The molecule has 14 heavy (non-hydrogen) atoms. The predicted molar refractivity (Wildman–Crippen MR) is 60.7 cm³/mol. The molecule has 0 amide bonds. The summed E-state index contributed by atoms with van der Waals surface area (Å²) in [5.74, 6) is 1.83. The minimum atomic E-state index is 0.694. The van der Waals surface area contributed by atoms with Crippen LogP contribution in [0, 0.1) is 0 Å². The molecular formula is C11H17ClN2. The van der Waals surface area contributed by atoms with Crippen molar-refractivity contribution in [2.75, 3.05) is 5.88 Å². The van der Waals surface area contributed by atoms with E-state index in [1.165, 1.54) is 0 Å². The Morgan fingerprint density at radius 2 is 2.36 bits per heavy atom. The van der Waals surface area contributed by atoms with Crippen molar-refractivity contribution in [1.82, 2.24) is 9.55 Å². The first-order chi connectivity index (χ1) is 6.88.